The Bertz CT molecular complexity index is 473. The summed E-state index contributed by atoms with van der Waals surface area (Å²) < 4.78 is 6.10. The molecule has 1 aromatic carbocycles. The molecule has 1 aromatic rings. The normalized spacial score (nSPS) is 22.1. The van der Waals surface area contributed by atoms with Crippen molar-refractivity contribution in [3.05, 3.63) is 29.8 Å². The lowest BCUT2D eigenvalue weighted by atomic mass is 9.76. The summed E-state index contributed by atoms with van der Waals surface area (Å²) in [6, 6.07) is 9.58. The molecule has 1 N–H and O–H groups in total. The zero-order chi connectivity index (χ0) is 15.6. The Morgan fingerprint density at radius 2 is 1.73 bits per heavy atom. The molecule has 3 rings (SSSR count). The summed E-state index contributed by atoms with van der Waals surface area (Å²) in [7, 11) is -1.51. The van der Waals surface area contributed by atoms with E-state index < -0.39 is 8.32 Å². The molecule has 1 atom stereocenters. The van der Waals surface area contributed by atoms with Crippen molar-refractivity contribution in [1.82, 2.24) is 10.2 Å². The van der Waals surface area contributed by atoms with Crippen LogP contribution in [-0.2, 0) is 0 Å². The van der Waals surface area contributed by atoms with Crippen molar-refractivity contribution in [2.24, 2.45) is 5.92 Å². The van der Waals surface area contributed by atoms with Crippen molar-refractivity contribution in [3.8, 4) is 5.75 Å². The van der Waals surface area contributed by atoms with Gasteiger partial charge in [-0.25, -0.2) is 0 Å². The molecule has 0 spiro atoms. The molecule has 1 aliphatic carbocycles. The zero-order valence-corrected chi connectivity index (χ0v) is 15.3. The van der Waals surface area contributed by atoms with Gasteiger partial charge in [-0.3, -0.25) is 4.90 Å². The van der Waals surface area contributed by atoms with E-state index in [0.29, 0.717) is 6.04 Å². The summed E-state index contributed by atoms with van der Waals surface area (Å²) in [6.45, 7) is 11.3. The molecular formula is C18H30N2OSi. The third-order valence-corrected chi connectivity index (χ3v) is 5.64. The fraction of sp³-hybridized carbons (Fsp3) is 0.667. The summed E-state index contributed by atoms with van der Waals surface area (Å²) in [5, 5.41) is 3.47. The summed E-state index contributed by atoms with van der Waals surface area (Å²) in [5.41, 5.74) is 1.48. The molecule has 3 nitrogen and oxygen atoms in total. The van der Waals surface area contributed by atoms with Gasteiger partial charge in [0.25, 0.3) is 0 Å². The Kier molecular flexibility index (Phi) is 4.90. The standard InChI is InChI=1S/C18H30N2OSi/c1-22(2,3)21-17-9-7-16(8-10-17)18(15-5-4-6-15)20-13-11-19-12-14-20/h7-10,15,18-19H,4-6,11-14H2,1-3H3/t18-/m0/s1. The van der Waals surface area contributed by atoms with E-state index in [2.05, 4.69) is 54.1 Å². The van der Waals surface area contributed by atoms with Crippen LogP contribution in [0.5, 0.6) is 5.75 Å². The van der Waals surface area contributed by atoms with Crippen LogP contribution in [0.25, 0.3) is 0 Å². The second-order valence-electron chi connectivity index (χ2n) is 7.71. The summed E-state index contributed by atoms with van der Waals surface area (Å²) in [5.74, 6) is 1.89. The van der Waals surface area contributed by atoms with Gasteiger partial charge in [-0.2, -0.15) is 0 Å². The maximum absolute atomic E-state index is 6.10. The molecular weight excluding hydrogens is 288 g/mol. The van der Waals surface area contributed by atoms with Crippen LogP contribution in [0, 0.1) is 5.92 Å². The SMILES string of the molecule is C[Si](C)(C)Oc1ccc([C@H](C2CCC2)N2CCNCC2)cc1. The van der Waals surface area contributed by atoms with Crippen molar-refractivity contribution < 1.29 is 4.43 Å². The second-order valence-corrected chi connectivity index (χ2v) is 12.1. The number of hydrogen-bond donors (Lipinski definition) is 1. The molecule has 0 unspecified atom stereocenters. The molecule has 1 saturated heterocycles. The monoisotopic (exact) mass is 318 g/mol. The molecule has 0 bridgehead atoms. The number of benzene rings is 1. The summed E-state index contributed by atoms with van der Waals surface area (Å²) in [4.78, 5) is 2.69. The van der Waals surface area contributed by atoms with Gasteiger partial charge in [0.1, 0.15) is 5.75 Å². The van der Waals surface area contributed by atoms with Crippen molar-refractivity contribution in [2.75, 3.05) is 26.2 Å². The Labute approximate surface area is 136 Å². The third-order valence-electron chi connectivity index (χ3n) is 4.79. The van der Waals surface area contributed by atoms with E-state index in [4.69, 9.17) is 4.43 Å². The average molecular weight is 319 g/mol. The van der Waals surface area contributed by atoms with Gasteiger partial charge in [0.15, 0.2) is 0 Å². The molecule has 1 aliphatic heterocycles. The molecule has 4 heteroatoms. The van der Waals surface area contributed by atoms with E-state index in [1.54, 1.807) is 0 Å². The van der Waals surface area contributed by atoms with E-state index >= 15 is 0 Å². The minimum absolute atomic E-state index is 0.608. The fourth-order valence-electron chi connectivity index (χ4n) is 3.58. The first-order valence-corrected chi connectivity index (χ1v) is 12.2. The molecule has 2 fully saturated rings. The molecule has 2 aliphatic rings. The van der Waals surface area contributed by atoms with E-state index in [-0.39, 0.29) is 0 Å². The zero-order valence-electron chi connectivity index (χ0n) is 14.3. The predicted octanol–water partition coefficient (Wildman–Crippen LogP) is 3.65. The molecule has 0 amide bonds. The van der Waals surface area contributed by atoms with E-state index in [1.165, 1.54) is 37.9 Å². The highest BCUT2D eigenvalue weighted by Gasteiger charge is 2.33. The van der Waals surface area contributed by atoms with Gasteiger partial charge >= 0.3 is 0 Å². The first-order valence-electron chi connectivity index (χ1n) is 8.77. The topological polar surface area (TPSA) is 24.5 Å². The number of hydrogen-bond acceptors (Lipinski definition) is 3. The number of nitrogens with one attached hydrogen (secondary N) is 1. The molecule has 0 radical (unpaired) electrons. The van der Waals surface area contributed by atoms with E-state index in [9.17, 15) is 0 Å². The lowest BCUT2D eigenvalue weighted by Gasteiger charge is -2.43. The third kappa shape index (κ3) is 3.92. The second kappa shape index (κ2) is 6.73. The minimum Gasteiger partial charge on any atom is -0.544 e. The first kappa shape index (κ1) is 16.0. The van der Waals surface area contributed by atoms with Crippen LogP contribution in [0.15, 0.2) is 24.3 Å². The maximum atomic E-state index is 6.10. The van der Waals surface area contributed by atoms with Crippen LogP contribution >= 0.6 is 0 Å². The maximum Gasteiger partial charge on any atom is 0.242 e. The van der Waals surface area contributed by atoms with Gasteiger partial charge in [-0.05, 0) is 56.1 Å². The van der Waals surface area contributed by atoms with E-state index in [0.717, 1.165) is 24.8 Å². The van der Waals surface area contributed by atoms with Gasteiger partial charge < -0.3 is 9.74 Å². The predicted molar refractivity (Wildman–Crippen MR) is 94.9 cm³/mol. The number of piperazine rings is 1. The van der Waals surface area contributed by atoms with Gasteiger partial charge in [-0.15, -0.1) is 0 Å². The highest BCUT2D eigenvalue weighted by Crippen LogP contribution is 2.41. The first-order chi connectivity index (χ1) is 10.5. The lowest BCUT2D eigenvalue weighted by molar-refractivity contribution is 0.0837. The molecule has 1 saturated carbocycles. The van der Waals surface area contributed by atoms with Crippen LogP contribution in [0.1, 0.15) is 30.9 Å². The van der Waals surface area contributed by atoms with Crippen molar-refractivity contribution in [1.29, 1.82) is 0 Å². The lowest BCUT2D eigenvalue weighted by Crippen LogP contribution is -2.47. The largest absolute Gasteiger partial charge is 0.544 e. The van der Waals surface area contributed by atoms with Crippen LogP contribution in [0.4, 0.5) is 0 Å². The highest BCUT2D eigenvalue weighted by atomic mass is 28.4. The highest BCUT2D eigenvalue weighted by molar-refractivity contribution is 6.70. The number of rotatable bonds is 5. The quantitative estimate of drug-likeness (QED) is 0.839. The molecule has 1 heterocycles. The average Bonchev–Trinajstić information content (AvgIpc) is 2.43. The summed E-state index contributed by atoms with van der Waals surface area (Å²) in [6.07, 6.45) is 4.19. The van der Waals surface area contributed by atoms with Gasteiger partial charge in [0, 0.05) is 32.2 Å². The van der Waals surface area contributed by atoms with E-state index in [1.807, 2.05) is 0 Å². The smallest absolute Gasteiger partial charge is 0.242 e. The fourth-order valence-corrected chi connectivity index (χ4v) is 4.43. The Hall–Kier alpha value is -0.843. The van der Waals surface area contributed by atoms with Crippen LogP contribution in [-0.4, -0.2) is 39.4 Å². The Morgan fingerprint density at radius 1 is 1.09 bits per heavy atom. The summed E-state index contributed by atoms with van der Waals surface area (Å²) >= 11 is 0. The van der Waals surface area contributed by atoms with Crippen LogP contribution in [0.3, 0.4) is 0 Å². The number of nitrogens with zero attached hydrogens (tertiary/aromatic N) is 1. The minimum atomic E-state index is -1.51. The van der Waals surface area contributed by atoms with Gasteiger partial charge in [0.05, 0.1) is 0 Å². The van der Waals surface area contributed by atoms with Crippen LogP contribution < -0.4 is 9.74 Å². The molecule has 122 valence electrons. The van der Waals surface area contributed by atoms with Crippen LogP contribution in [0.2, 0.25) is 19.6 Å². The van der Waals surface area contributed by atoms with Crippen molar-refractivity contribution >= 4 is 8.32 Å². The van der Waals surface area contributed by atoms with Gasteiger partial charge in [-0.1, -0.05) is 18.6 Å². The Balaban J connectivity index is 1.75. The van der Waals surface area contributed by atoms with Crippen molar-refractivity contribution in [2.45, 2.75) is 44.9 Å². The Morgan fingerprint density at radius 3 is 2.23 bits per heavy atom. The molecule has 22 heavy (non-hydrogen) atoms. The van der Waals surface area contributed by atoms with Crippen molar-refractivity contribution in [3.63, 3.8) is 0 Å². The van der Waals surface area contributed by atoms with Gasteiger partial charge in [0.2, 0.25) is 8.32 Å². The molecule has 0 aromatic heterocycles.